The predicted molar refractivity (Wildman–Crippen MR) is 25.0 cm³/mol. The summed E-state index contributed by atoms with van der Waals surface area (Å²) in [6, 6.07) is 0. The number of aromatic hydroxyl groups is 1. The molecule has 0 radical (unpaired) electrons. The zero-order valence-electron chi connectivity index (χ0n) is 4.01. The van der Waals surface area contributed by atoms with Gasteiger partial charge >= 0.3 is 5.09 Å². The Bertz CT molecular complexity index is 232. The molecule has 7 heteroatoms. The van der Waals surface area contributed by atoms with E-state index in [1.807, 2.05) is 0 Å². The highest BCUT2D eigenvalue weighted by atomic mass is 32.2. The van der Waals surface area contributed by atoms with Crippen LogP contribution in [0, 0.1) is 0 Å². The Balaban J connectivity index is 3.08. The van der Waals surface area contributed by atoms with Crippen LogP contribution in [0.25, 0.3) is 0 Å². The first-order valence-corrected chi connectivity index (χ1v) is 2.94. The molecule has 1 aromatic rings. The summed E-state index contributed by atoms with van der Waals surface area (Å²) in [5.74, 6) is -0.657. The molecule has 6 nitrogen and oxygen atoms in total. The lowest BCUT2D eigenvalue weighted by atomic mass is 10.9. The van der Waals surface area contributed by atoms with E-state index < -0.39 is 22.1 Å². The minimum atomic E-state index is -2.35. The first-order valence-electron chi connectivity index (χ1n) is 1.84. The third-order valence-corrected chi connectivity index (χ3v) is 1.17. The molecule has 1 unspecified atom stereocenters. The van der Waals surface area contributed by atoms with Crippen LogP contribution in [0.5, 0.6) is 5.88 Å². The molecule has 1 rings (SSSR count). The summed E-state index contributed by atoms with van der Waals surface area (Å²) in [5.41, 5.74) is 0. The summed E-state index contributed by atoms with van der Waals surface area (Å²) in [7, 11) is 0. The van der Waals surface area contributed by atoms with Crippen LogP contribution in [0.4, 0.5) is 0 Å². The predicted octanol–water partition coefficient (Wildman–Crippen LogP) is -0.644. The molecule has 0 aliphatic rings. The third kappa shape index (κ3) is 1.06. The van der Waals surface area contributed by atoms with E-state index in [4.69, 9.17) is 9.66 Å². The number of hydrogen-bond acceptors (Lipinski definition) is 5. The molecule has 1 heterocycles. The summed E-state index contributed by atoms with van der Waals surface area (Å²) < 4.78 is 22.4. The van der Waals surface area contributed by atoms with Gasteiger partial charge in [0.2, 0.25) is 11.1 Å². The fraction of sp³-hybridized carbons (Fsp3) is 0. The second-order valence-corrected chi connectivity index (χ2v) is 2.00. The Morgan fingerprint density at radius 2 is 2.33 bits per heavy atom. The second-order valence-electron chi connectivity index (χ2n) is 1.13. The molecule has 0 fully saturated rings. The molecule has 50 valence electrons. The van der Waals surface area contributed by atoms with Crippen molar-refractivity contribution in [2.24, 2.45) is 0 Å². The topological polar surface area (TPSA) is 96.5 Å². The van der Waals surface area contributed by atoms with Crippen LogP contribution in [0.15, 0.2) is 9.62 Å². The molecule has 0 saturated heterocycles. The molecule has 0 amide bonds. The smallest absolute Gasteiger partial charge is 0.313 e. The van der Waals surface area contributed by atoms with E-state index in [9.17, 15) is 4.21 Å². The van der Waals surface area contributed by atoms with Crippen LogP contribution in [0.2, 0.25) is 0 Å². The van der Waals surface area contributed by atoms with Crippen molar-refractivity contribution in [1.82, 2.24) is 10.4 Å². The highest BCUT2D eigenvalue weighted by Crippen LogP contribution is 2.13. The van der Waals surface area contributed by atoms with Crippen molar-refractivity contribution in [3.8, 4) is 5.88 Å². The van der Waals surface area contributed by atoms with E-state index in [2.05, 4.69) is 14.9 Å². The van der Waals surface area contributed by atoms with Gasteiger partial charge in [0.05, 0.1) is 0 Å². The van der Waals surface area contributed by atoms with Crippen LogP contribution in [0.1, 0.15) is 0 Å². The molecule has 0 spiro atoms. The normalized spacial score (nSPS) is 13.4. The zero-order chi connectivity index (χ0) is 6.85. The van der Waals surface area contributed by atoms with Crippen LogP contribution < -0.4 is 0 Å². The van der Waals surface area contributed by atoms with Gasteiger partial charge in [0.1, 0.15) is 0 Å². The van der Waals surface area contributed by atoms with Gasteiger partial charge in [0.25, 0.3) is 5.88 Å². The maximum absolute atomic E-state index is 10.1. The van der Waals surface area contributed by atoms with Crippen molar-refractivity contribution < 1.29 is 18.4 Å². The maximum Gasteiger partial charge on any atom is 0.313 e. The lowest BCUT2D eigenvalue weighted by molar-refractivity contribution is 0.312. The molecule has 9 heavy (non-hydrogen) atoms. The highest BCUT2D eigenvalue weighted by Gasteiger charge is 2.13. The van der Waals surface area contributed by atoms with Gasteiger partial charge < -0.3 is 9.63 Å². The molecule has 1 atom stereocenters. The molecule has 0 aromatic carbocycles. The number of nitrogens with zero attached hydrogens (tertiary/aromatic N) is 2. The van der Waals surface area contributed by atoms with Gasteiger partial charge in [-0.1, -0.05) is 5.10 Å². The van der Waals surface area contributed by atoms with Crippen LogP contribution in [-0.4, -0.2) is 24.2 Å². The molecule has 2 N–H and O–H groups in total. The minimum Gasteiger partial charge on any atom is -0.489 e. The van der Waals surface area contributed by atoms with E-state index in [0.717, 1.165) is 0 Å². The largest absolute Gasteiger partial charge is 0.489 e. The molecule has 1 aromatic heterocycles. The third-order valence-electron chi connectivity index (χ3n) is 0.600. The van der Waals surface area contributed by atoms with Gasteiger partial charge in [-0.15, -0.1) is 0 Å². The fourth-order valence-corrected chi connectivity index (χ4v) is 0.582. The molecular weight excluding hydrogens is 148 g/mol. The summed E-state index contributed by atoms with van der Waals surface area (Å²) >= 11 is -2.35. The van der Waals surface area contributed by atoms with Gasteiger partial charge in [-0.25, -0.2) is 4.21 Å². The van der Waals surface area contributed by atoms with E-state index >= 15 is 0 Å². The number of hydrogen-bond donors (Lipinski definition) is 2. The van der Waals surface area contributed by atoms with Crippen molar-refractivity contribution in [1.29, 1.82) is 0 Å². The summed E-state index contributed by atoms with van der Waals surface area (Å²) in [6.45, 7) is 0. The SMILES string of the molecule is O=S(O)c1onnc1O. The first-order chi connectivity index (χ1) is 4.22. The van der Waals surface area contributed by atoms with E-state index in [1.54, 1.807) is 0 Å². The fourth-order valence-electron chi connectivity index (χ4n) is 0.288. The Labute approximate surface area is 51.8 Å². The van der Waals surface area contributed by atoms with Gasteiger partial charge in [0.15, 0.2) is 0 Å². The quantitative estimate of drug-likeness (QED) is 0.516. The Kier molecular flexibility index (Phi) is 1.45. The minimum absolute atomic E-state index is 0.532. The Morgan fingerprint density at radius 1 is 1.67 bits per heavy atom. The number of rotatable bonds is 1. The monoisotopic (exact) mass is 150 g/mol. The van der Waals surface area contributed by atoms with Crippen molar-refractivity contribution in [3.63, 3.8) is 0 Å². The number of aromatic nitrogens is 2. The molecule has 0 aliphatic heterocycles. The van der Waals surface area contributed by atoms with Crippen molar-refractivity contribution >= 4 is 11.1 Å². The molecule has 0 aliphatic carbocycles. The lowest BCUT2D eigenvalue weighted by Crippen LogP contribution is -1.84. The van der Waals surface area contributed by atoms with E-state index in [-0.39, 0.29) is 0 Å². The van der Waals surface area contributed by atoms with E-state index in [0.29, 0.717) is 0 Å². The summed E-state index contributed by atoms with van der Waals surface area (Å²) in [4.78, 5) is 0. The Hall–Kier alpha value is -0.950. The van der Waals surface area contributed by atoms with Gasteiger partial charge in [0, 0.05) is 5.27 Å². The van der Waals surface area contributed by atoms with Gasteiger partial charge in [-0.3, -0.25) is 4.55 Å². The van der Waals surface area contributed by atoms with Crippen molar-refractivity contribution in [2.45, 2.75) is 5.09 Å². The van der Waals surface area contributed by atoms with E-state index in [1.165, 1.54) is 0 Å². The lowest BCUT2D eigenvalue weighted by Gasteiger charge is -1.80. The summed E-state index contributed by atoms with van der Waals surface area (Å²) in [5, 5.41) is 13.7. The van der Waals surface area contributed by atoms with Crippen molar-refractivity contribution in [2.75, 3.05) is 0 Å². The van der Waals surface area contributed by atoms with Crippen LogP contribution >= 0.6 is 0 Å². The Morgan fingerprint density at radius 3 is 2.56 bits per heavy atom. The highest BCUT2D eigenvalue weighted by molar-refractivity contribution is 7.79. The average molecular weight is 150 g/mol. The standard InChI is InChI=1S/C2H2N2O4S/c5-1-2(9(6)7)8-4-3-1/h5H,(H,6,7). The van der Waals surface area contributed by atoms with Crippen molar-refractivity contribution in [3.05, 3.63) is 0 Å². The van der Waals surface area contributed by atoms with Crippen LogP contribution in [-0.2, 0) is 11.1 Å². The van der Waals surface area contributed by atoms with Crippen LogP contribution in [0.3, 0.4) is 0 Å². The zero-order valence-corrected chi connectivity index (χ0v) is 4.83. The van der Waals surface area contributed by atoms with Gasteiger partial charge in [-0.05, 0) is 0 Å². The second kappa shape index (κ2) is 2.11. The molecular formula is C2H2N2O4S. The van der Waals surface area contributed by atoms with Gasteiger partial charge in [-0.2, -0.15) is 0 Å². The molecule has 0 saturated carbocycles. The molecule has 0 bridgehead atoms. The average Bonchev–Trinajstić information content (AvgIpc) is 2.13. The maximum atomic E-state index is 10.1. The summed E-state index contributed by atoms with van der Waals surface area (Å²) in [6.07, 6.45) is 0. The first kappa shape index (κ1) is 6.17.